The van der Waals surface area contributed by atoms with E-state index < -0.39 is 5.97 Å². The van der Waals surface area contributed by atoms with Crippen molar-refractivity contribution in [3.63, 3.8) is 0 Å². The maximum atomic E-state index is 10.6. The first-order valence-corrected chi connectivity index (χ1v) is 6.62. The zero-order valence-corrected chi connectivity index (χ0v) is 11.7. The van der Waals surface area contributed by atoms with Crippen molar-refractivity contribution >= 4 is 5.97 Å². The average molecular weight is 242 g/mol. The first-order valence-electron chi connectivity index (χ1n) is 6.62. The number of nitrogens with zero attached hydrogens (tertiary/aromatic N) is 1. The summed E-state index contributed by atoms with van der Waals surface area (Å²) in [6.07, 6.45) is 6.67. The first kappa shape index (κ1) is 16.2. The van der Waals surface area contributed by atoms with Gasteiger partial charge >= 0.3 is 5.97 Å². The topological polar surface area (TPSA) is 37.3 Å². The van der Waals surface area contributed by atoms with E-state index in [0.29, 0.717) is 12.0 Å². The van der Waals surface area contributed by atoms with Crippen LogP contribution in [0.1, 0.15) is 45.4 Å². The van der Waals surface area contributed by atoms with Crippen LogP contribution in [0.3, 0.4) is 0 Å². The molecule has 0 saturated heterocycles. The summed E-state index contributed by atoms with van der Waals surface area (Å²) in [6.45, 7) is 7.98. The second kappa shape index (κ2) is 8.29. The summed E-state index contributed by atoms with van der Waals surface area (Å²) in [5.74, 6) is -0.863. The van der Waals surface area contributed by atoms with Gasteiger partial charge in [-0.1, -0.05) is 26.3 Å². The van der Waals surface area contributed by atoms with Gasteiger partial charge in [0.1, 0.15) is 0 Å². The quantitative estimate of drug-likeness (QED) is 0.363. The molecule has 0 bridgehead atoms. The monoisotopic (exact) mass is 242 g/mol. The molecule has 0 aromatic heterocycles. The van der Waals surface area contributed by atoms with Gasteiger partial charge in [-0.2, -0.15) is 0 Å². The molecule has 0 aromatic carbocycles. The Balaban J connectivity index is 3.70. The summed E-state index contributed by atoms with van der Waals surface area (Å²) in [6, 6.07) is 0. The maximum absolute atomic E-state index is 10.6. The summed E-state index contributed by atoms with van der Waals surface area (Å²) in [4.78, 5) is 10.6. The molecule has 0 saturated carbocycles. The Morgan fingerprint density at radius 3 is 2.24 bits per heavy atom. The number of hydrogen-bond donors (Lipinski definition) is 1. The summed E-state index contributed by atoms with van der Waals surface area (Å²) in [5, 5.41) is 8.71. The third-order valence-electron chi connectivity index (χ3n) is 3.16. The lowest BCUT2D eigenvalue weighted by Crippen LogP contribution is -2.41. The maximum Gasteiger partial charge on any atom is 0.330 e. The van der Waals surface area contributed by atoms with Gasteiger partial charge in [-0.25, -0.2) is 4.79 Å². The number of aliphatic carboxylic acids is 1. The molecule has 0 fully saturated rings. The molecule has 0 heterocycles. The molecule has 0 amide bonds. The molecule has 0 spiro atoms. The average Bonchev–Trinajstić information content (AvgIpc) is 2.24. The van der Waals surface area contributed by atoms with Crippen LogP contribution in [0.4, 0.5) is 0 Å². The summed E-state index contributed by atoms with van der Waals surface area (Å²) < 4.78 is 0.983. The first-order chi connectivity index (χ1) is 7.89. The van der Waals surface area contributed by atoms with E-state index in [-0.39, 0.29) is 0 Å². The van der Waals surface area contributed by atoms with Crippen LogP contribution in [0.5, 0.6) is 0 Å². The zero-order valence-electron chi connectivity index (χ0n) is 11.7. The highest BCUT2D eigenvalue weighted by atomic mass is 16.4. The number of carboxylic acid groups (broad SMARTS) is 1. The molecular formula is C14H28NO2+. The summed E-state index contributed by atoms with van der Waals surface area (Å²) in [5.41, 5.74) is 0.330. The Morgan fingerprint density at radius 2 is 1.71 bits per heavy atom. The molecule has 0 radical (unpaired) electrons. The number of carboxylic acids is 1. The van der Waals surface area contributed by atoms with E-state index in [1.165, 1.54) is 32.2 Å². The summed E-state index contributed by atoms with van der Waals surface area (Å²) in [7, 11) is 4.44. The second-order valence-electron chi connectivity index (χ2n) is 5.46. The molecule has 3 heteroatoms. The van der Waals surface area contributed by atoms with Crippen molar-refractivity contribution in [3.8, 4) is 0 Å². The van der Waals surface area contributed by atoms with Gasteiger partial charge in [-0.15, -0.1) is 0 Å². The van der Waals surface area contributed by atoms with Gasteiger partial charge in [0, 0.05) is 12.0 Å². The molecular weight excluding hydrogens is 214 g/mol. The summed E-state index contributed by atoms with van der Waals surface area (Å²) >= 11 is 0. The highest BCUT2D eigenvalue weighted by Gasteiger charge is 2.14. The van der Waals surface area contributed by atoms with Crippen LogP contribution in [0, 0.1) is 0 Å². The Kier molecular flexibility index (Phi) is 7.88. The van der Waals surface area contributed by atoms with Crippen LogP contribution in [-0.4, -0.2) is 42.7 Å². The highest BCUT2D eigenvalue weighted by Crippen LogP contribution is 2.09. The fourth-order valence-electron chi connectivity index (χ4n) is 1.91. The normalized spacial score (nSPS) is 11.5. The minimum atomic E-state index is -0.863. The highest BCUT2D eigenvalue weighted by molar-refractivity contribution is 5.85. The SMILES string of the molecule is C=C(CCC[N+](C)(C)CCCCCC)C(=O)O. The van der Waals surface area contributed by atoms with Crippen LogP contribution in [0.2, 0.25) is 0 Å². The van der Waals surface area contributed by atoms with E-state index >= 15 is 0 Å². The van der Waals surface area contributed by atoms with Crippen LogP contribution in [-0.2, 0) is 4.79 Å². The zero-order chi connectivity index (χ0) is 13.3. The second-order valence-corrected chi connectivity index (χ2v) is 5.46. The van der Waals surface area contributed by atoms with Crippen LogP contribution < -0.4 is 0 Å². The minimum absolute atomic E-state index is 0.330. The van der Waals surface area contributed by atoms with Crippen LogP contribution in [0.15, 0.2) is 12.2 Å². The third kappa shape index (κ3) is 8.93. The number of rotatable bonds is 10. The number of unbranched alkanes of at least 4 members (excludes halogenated alkanes) is 3. The van der Waals surface area contributed by atoms with Crippen LogP contribution >= 0.6 is 0 Å². The fraction of sp³-hybridized carbons (Fsp3) is 0.786. The molecule has 0 aromatic rings. The number of carbonyl (C=O) groups is 1. The number of hydrogen-bond acceptors (Lipinski definition) is 1. The van der Waals surface area contributed by atoms with Gasteiger partial charge in [0.05, 0.1) is 27.2 Å². The van der Waals surface area contributed by atoms with Crippen molar-refractivity contribution < 1.29 is 14.4 Å². The Hall–Kier alpha value is -0.830. The minimum Gasteiger partial charge on any atom is -0.478 e. The molecule has 0 aliphatic heterocycles. The van der Waals surface area contributed by atoms with Gasteiger partial charge in [-0.3, -0.25) is 0 Å². The Labute approximate surface area is 106 Å². The van der Waals surface area contributed by atoms with Crippen molar-refractivity contribution in [2.45, 2.75) is 45.4 Å². The van der Waals surface area contributed by atoms with Crippen molar-refractivity contribution in [1.82, 2.24) is 0 Å². The predicted octanol–water partition coefficient (Wildman–Crippen LogP) is 3.06. The predicted molar refractivity (Wildman–Crippen MR) is 72.0 cm³/mol. The van der Waals surface area contributed by atoms with Crippen molar-refractivity contribution in [2.24, 2.45) is 0 Å². The molecule has 17 heavy (non-hydrogen) atoms. The molecule has 0 atom stereocenters. The van der Waals surface area contributed by atoms with Gasteiger partial charge in [0.15, 0.2) is 0 Å². The van der Waals surface area contributed by atoms with Gasteiger partial charge in [0.2, 0.25) is 0 Å². The molecule has 0 unspecified atom stereocenters. The van der Waals surface area contributed by atoms with Crippen LogP contribution in [0.25, 0.3) is 0 Å². The fourth-order valence-corrected chi connectivity index (χ4v) is 1.91. The van der Waals surface area contributed by atoms with Crippen molar-refractivity contribution in [1.29, 1.82) is 0 Å². The molecule has 100 valence electrons. The molecule has 1 N–H and O–H groups in total. The molecule has 0 aliphatic carbocycles. The lowest BCUT2D eigenvalue weighted by Gasteiger charge is -2.30. The van der Waals surface area contributed by atoms with E-state index in [1.54, 1.807) is 0 Å². The van der Waals surface area contributed by atoms with E-state index in [1.807, 2.05) is 0 Å². The smallest absolute Gasteiger partial charge is 0.330 e. The molecule has 0 aliphatic rings. The largest absolute Gasteiger partial charge is 0.478 e. The lowest BCUT2D eigenvalue weighted by atomic mass is 10.1. The van der Waals surface area contributed by atoms with Gasteiger partial charge in [0.25, 0.3) is 0 Å². The van der Waals surface area contributed by atoms with E-state index in [9.17, 15) is 4.79 Å². The van der Waals surface area contributed by atoms with E-state index in [0.717, 1.165) is 17.4 Å². The van der Waals surface area contributed by atoms with Crippen molar-refractivity contribution in [2.75, 3.05) is 27.2 Å². The number of quaternary nitrogens is 1. The molecule has 0 rings (SSSR count). The lowest BCUT2D eigenvalue weighted by molar-refractivity contribution is -0.890. The van der Waals surface area contributed by atoms with Crippen molar-refractivity contribution in [3.05, 3.63) is 12.2 Å². The van der Waals surface area contributed by atoms with E-state index in [2.05, 4.69) is 27.6 Å². The van der Waals surface area contributed by atoms with E-state index in [4.69, 9.17) is 5.11 Å². The Morgan fingerprint density at radius 1 is 1.12 bits per heavy atom. The molecule has 3 nitrogen and oxygen atoms in total. The van der Waals surface area contributed by atoms with Gasteiger partial charge < -0.3 is 9.59 Å². The Bertz CT molecular complexity index is 247. The van der Waals surface area contributed by atoms with Gasteiger partial charge in [-0.05, 0) is 19.3 Å². The standard InChI is InChI=1S/C14H27NO2/c1-5-6-7-8-11-15(3,4)12-9-10-13(2)14(16)17/h2,5-12H2,1,3-4H3/p+1. The third-order valence-corrected chi connectivity index (χ3v) is 3.16.